The Kier molecular flexibility index (Phi) is 79.6. The number of amides is 1. The van der Waals surface area contributed by atoms with Crippen LogP contribution in [-0.2, 0) is 71.9 Å². The van der Waals surface area contributed by atoms with Crippen LogP contribution < -0.4 is 5.32 Å². The Morgan fingerprint density at radius 3 is 0.920 bits per heavy atom. The smallest absolute Gasteiger partial charge is 0.346 e. The van der Waals surface area contributed by atoms with Gasteiger partial charge in [-0.2, -0.15) is 15.8 Å². The number of nitriles is 3. The molecule has 1 saturated heterocycles. The molecule has 0 atom stereocenters. The van der Waals surface area contributed by atoms with Crippen molar-refractivity contribution in [2.45, 2.75) is 96.4 Å². The summed E-state index contributed by atoms with van der Waals surface area (Å²) in [4.78, 5) is 163. The van der Waals surface area contributed by atoms with E-state index in [1.54, 1.807) is 162 Å². The number of nitrogens with zero attached hydrogens (tertiary/aromatic N) is 3. The van der Waals surface area contributed by atoms with Gasteiger partial charge in [0.25, 0.3) is 11.1 Å². The van der Waals surface area contributed by atoms with Crippen LogP contribution in [-0.4, -0.2) is 177 Å². The fraction of sp³-hybridized carbons (Fsp3) is 0.140. The van der Waals surface area contributed by atoms with Crippen molar-refractivity contribution in [3.05, 3.63) is 344 Å². The van der Waals surface area contributed by atoms with E-state index < -0.39 is 106 Å². The number of hydrogen-bond donors (Lipinski definition) is 16. The zero-order valence-corrected chi connectivity index (χ0v) is 77.2. The van der Waals surface area contributed by atoms with Crippen molar-refractivity contribution in [2.24, 2.45) is 0 Å². The normalized spacial score (nSPS) is 11.1. The minimum absolute atomic E-state index is 0.133. The highest BCUT2D eigenvalue weighted by Gasteiger charge is 2.22. The molecule has 5 aromatic rings. The van der Waals surface area contributed by atoms with Crippen LogP contribution in [0.3, 0.4) is 0 Å². The molecule has 0 spiro atoms. The molecule has 1 amide bonds. The second-order valence-corrected chi connectivity index (χ2v) is 24.5. The van der Waals surface area contributed by atoms with Crippen LogP contribution in [0.5, 0.6) is 0 Å². The van der Waals surface area contributed by atoms with Gasteiger partial charge in [0, 0.05) is 24.6 Å². The van der Waals surface area contributed by atoms with Gasteiger partial charge in [-0.05, 0) is 201 Å². The molecule has 0 aromatic heterocycles. The highest BCUT2D eigenvalue weighted by atomic mass is 32.1. The number of rotatable bonds is 26. The number of aromatic carboxylic acids is 2. The van der Waals surface area contributed by atoms with Gasteiger partial charge in [0.2, 0.25) is 0 Å². The summed E-state index contributed by atoms with van der Waals surface area (Å²) in [5.74, 6) is -17.4. The predicted octanol–water partition coefficient (Wildman–Crippen LogP) is 17.7. The fourth-order valence-electron chi connectivity index (χ4n) is 7.71. The Labute approximate surface area is 795 Å². The number of allylic oxidation sites excluding steroid dienone is 18. The first-order valence-electron chi connectivity index (χ1n) is 39.1. The second-order valence-electron chi connectivity index (χ2n) is 24.1. The molecule has 0 unspecified atom stereocenters. The van der Waals surface area contributed by atoms with E-state index in [0.29, 0.717) is 22.3 Å². The fourth-order valence-corrected chi connectivity index (χ4v) is 7.90. The molecular formula is C100H106N4O32S. The van der Waals surface area contributed by atoms with Gasteiger partial charge in [0.1, 0.15) is 51.6 Å². The molecule has 16 N–H and O–H groups in total. The van der Waals surface area contributed by atoms with E-state index >= 15 is 0 Å². The molecule has 0 saturated carbocycles. The molecule has 1 aliphatic heterocycles. The molecule has 6 rings (SSSR count). The Morgan fingerprint density at radius 2 is 0.672 bits per heavy atom. The minimum Gasteiger partial charge on any atom is -0.481 e. The van der Waals surface area contributed by atoms with Crippen LogP contribution in [0.2, 0.25) is 0 Å². The Hall–Kier alpha value is -18.7. The van der Waals surface area contributed by atoms with E-state index in [1.165, 1.54) is 62.4 Å². The highest BCUT2D eigenvalue weighted by Crippen LogP contribution is 2.15. The van der Waals surface area contributed by atoms with Gasteiger partial charge in [0.05, 0.1) is 11.1 Å². The molecule has 724 valence electrons. The quantitative estimate of drug-likeness (QED) is 0.00610. The van der Waals surface area contributed by atoms with Crippen molar-refractivity contribution in [2.75, 3.05) is 0 Å². The maximum Gasteiger partial charge on any atom is 0.346 e. The molecule has 0 bridgehead atoms. The molecule has 37 heteroatoms. The Morgan fingerprint density at radius 1 is 0.336 bits per heavy atom. The molecule has 0 aliphatic carbocycles. The summed E-state index contributed by atoms with van der Waals surface area (Å²) in [6.07, 6.45) is 45.3. The number of aliphatic carboxylic acids is 13. The van der Waals surface area contributed by atoms with Crippen LogP contribution in [0.15, 0.2) is 288 Å². The maximum absolute atomic E-state index is 10.7. The highest BCUT2D eigenvalue weighted by molar-refractivity contribution is 7.80. The third-order valence-electron chi connectivity index (χ3n) is 13.9. The Bertz CT molecular complexity index is 5530. The number of benzene rings is 5. The third-order valence-corrected chi connectivity index (χ3v) is 14.1. The summed E-state index contributed by atoms with van der Waals surface area (Å²) in [6, 6.07) is 40.1. The molecule has 1 fully saturated rings. The monoisotopic (exact) mass is 1910 g/mol. The first kappa shape index (κ1) is 131. The summed E-state index contributed by atoms with van der Waals surface area (Å²) >= 11 is 4.54. The van der Waals surface area contributed by atoms with E-state index in [1.807, 2.05) is 145 Å². The van der Waals surface area contributed by atoms with Crippen LogP contribution in [0.25, 0.3) is 48.6 Å². The number of thiocarbonyl (C=S) groups is 1. The van der Waals surface area contributed by atoms with Gasteiger partial charge in [-0.25, -0.2) is 67.1 Å². The first-order valence-corrected chi connectivity index (χ1v) is 39.5. The molecule has 137 heavy (non-hydrogen) atoms. The lowest BCUT2D eigenvalue weighted by Gasteiger charge is -1.98. The molecule has 0 radical (unpaired) electrons. The van der Waals surface area contributed by atoms with Crippen molar-refractivity contribution >= 4 is 161 Å². The van der Waals surface area contributed by atoms with Gasteiger partial charge in [-0.3, -0.25) is 14.9 Å². The number of ether oxygens (including phenoxy) is 1. The SMILES string of the molecule is C/C=C1/OC(=S)NC1=O.CC=C(C#N)C(=O)O.CC=C(C(=O)O)C(=O)O.CC=CC(=O)O.CC=CC=C(C#N)C(=O)O.CC=CC=C(C(=O)O)C(=O)O.CC=CC=CC(=O)O.CC=Cc1ccc(C(=O)O)cc1.CC=Cc1ccc(C=C(C#N)C(=O)O)cc1.CC=Cc1ccc(C=C(C(=O)O)C(=O)O)cc1.CC=Cc1ccc(C=CC(=O)O)cc1.CC=Cc1cccc(C(=O)O)c1.CCC(=O)O. The van der Waals surface area contributed by atoms with E-state index in [2.05, 4.69) is 17.5 Å². The van der Waals surface area contributed by atoms with Gasteiger partial charge >= 0.3 is 89.5 Å². The Balaban J connectivity index is -0.000000270. The first-order chi connectivity index (χ1) is 64.6. The topological polar surface area (TPSA) is 669 Å². The maximum atomic E-state index is 10.7. The van der Waals surface area contributed by atoms with Gasteiger partial charge in [-0.15, -0.1) is 0 Å². The number of hydrogen-bond acceptors (Lipinski definition) is 21. The van der Waals surface area contributed by atoms with E-state index in [9.17, 15) is 76.7 Å². The van der Waals surface area contributed by atoms with E-state index in [0.717, 1.165) is 69.8 Å². The molecule has 1 heterocycles. The van der Waals surface area contributed by atoms with E-state index in [4.69, 9.17) is 97.1 Å². The van der Waals surface area contributed by atoms with Crippen LogP contribution in [0.1, 0.15) is 162 Å². The van der Waals surface area contributed by atoms with Gasteiger partial charge in [-0.1, -0.05) is 226 Å². The summed E-state index contributed by atoms with van der Waals surface area (Å²) < 4.78 is 4.75. The number of carboxylic acids is 15. The largest absolute Gasteiger partial charge is 0.481 e. The predicted molar refractivity (Wildman–Crippen MR) is 519 cm³/mol. The lowest BCUT2D eigenvalue weighted by molar-refractivity contribution is -0.142. The van der Waals surface area contributed by atoms with Crippen molar-refractivity contribution in [3.8, 4) is 18.2 Å². The average Bonchev–Trinajstić information content (AvgIpc) is 1.87. The van der Waals surface area contributed by atoms with Crippen molar-refractivity contribution in [1.82, 2.24) is 5.32 Å². The third kappa shape index (κ3) is 73.9. The lowest BCUT2D eigenvalue weighted by atomic mass is 10.1. The second kappa shape index (κ2) is 82.9. The number of nitrogens with one attached hydrogen (secondary N) is 1. The van der Waals surface area contributed by atoms with Crippen LogP contribution >= 0.6 is 12.2 Å². The lowest BCUT2D eigenvalue weighted by Crippen LogP contribution is -2.18. The number of carbonyl (C=O) groups is 16. The van der Waals surface area contributed by atoms with Crippen molar-refractivity contribution in [1.29, 1.82) is 15.8 Å². The number of carboxylic acid groups (broad SMARTS) is 15. The van der Waals surface area contributed by atoms with Gasteiger partial charge in [0.15, 0.2) is 5.76 Å². The average molecular weight is 1910 g/mol. The standard InChI is InChI=1S/C13H11NO2.C13H12O4.C12H12O2.2C10H10O2.C7H7NO2.C7H8O4.C6H8O2.C5H5NO2S.C5H5NO2.C5H6O4.C4H6O2.C3H6O2/c1-2-3-10-4-6-11(7-5-10)8-12(9-14)13(15)16;1-2-3-9-4-6-10(7-5-9)8-11(12(14)15)13(16)17;1-2-3-10-4-6-11(7-5-10)8-9-12(13)14;1-2-4-8-5-3-6-9(7-8)10(11)12;1-2-3-8-4-6-9(7-5-8)10(11)12;1-2-3-4-6(5-8)7(9)10;1-2-3-4-5(6(8)9)7(10)11;1-2-3-4-5-6(7)8;1-2-3-4(7)6-5(9)8-3;1-2-4(3-6)5(7)8;1-2-3(4(6)7)5(8)9;1-2-3-4(5)6;1-2-3(4)5/h2-8H,1H3,(H,15,16);2-8H,1H3,(H,14,15)(H,16,17);2-9H,1H3,(H,13,14);2*2-7H,1H3,(H,11,12);2-4H,1H3,(H,9,10);2-4H,1H3,(H,8,9)(H,10,11);2-5H,1H3,(H,7,8);2H,1H3,(H,6,7,9);2H,1H3,(H,7,8);2H,1H3,(H,6,7)(H,8,9);2-3H,1H3,(H,5,6);2H2,1H3,(H,4,5)/b;;;;;;;;3-2+;;;;. The molecule has 36 nitrogen and oxygen atoms in total. The van der Waals surface area contributed by atoms with Crippen molar-refractivity contribution < 1.29 is 158 Å². The van der Waals surface area contributed by atoms with Gasteiger partial charge < -0.3 is 81.3 Å². The molecular weight excluding hydrogens is 1800 g/mol. The summed E-state index contributed by atoms with van der Waals surface area (Å²) in [5.41, 5.74) is 5.20. The summed E-state index contributed by atoms with van der Waals surface area (Å²) in [6.45, 7) is 22.7. The number of carbonyl (C=O) groups excluding carboxylic acids is 1. The molecule has 1 aliphatic rings. The van der Waals surface area contributed by atoms with Crippen LogP contribution in [0, 0.1) is 34.0 Å². The molecule has 5 aromatic carbocycles. The van der Waals surface area contributed by atoms with E-state index in [-0.39, 0.29) is 40.0 Å². The summed E-state index contributed by atoms with van der Waals surface area (Å²) in [7, 11) is 0. The zero-order chi connectivity index (χ0) is 107. The minimum atomic E-state index is -1.45. The summed E-state index contributed by atoms with van der Waals surface area (Å²) in [5, 5.41) is 152. The van der Waals surface area contributed by atoms with Crippen LogP contribution in [0.4, 0.5) is 0 Å². The zero-order valence-electron chi connectivity index (χ0n) is 76.4. The van der Waals surface area contributed by atoms with Crippen molar-refractivity contribution in [3.63, 3.8) is 0 Å².